The molecule has 0 spiro atoms. The number of hydrogen-bond acceptors (Lipinski definition) is 5. The van der Waals surface area contributed by atoms with Crippen molar-refractivity contribution in [2.45, 2.75) is 13.5 Å². The van der Waals surface area contributed by atoms with E-state index in [2.05, 4.69) is 20.8 Å². The molecule has 0 atom stereocenters. The van der Waals surface area contributed by atoms with Crippen LogP contribution in [-0.4, -0.2) is 17.2 Å². The van der Waals surface area contributed by atoms with Gasteiger partial charge >= 0.3 is 6.01 Å². The number of nitrogens with one attached hydrogen (secondary N) is 2. The third kappa shape index (κ3) is 2.79. The molecule has 0 fully saturated rings. The number of benzene rings is 1. The average molecular weight is 236 g/mol. The van der Waals surface area contributed by atoms with Crippen LogP contribution in [0.5, 0.6) is 0 Å². The Balaban J connectivity index is 2.16. The molecule has 0 aliphatic rings. The lowest BCUT2D eigenvalue weighted by Crippen LogP contribution is -2.04. The molecule has 1 aromatic heterocycles. The van der Waals surface area contributed by atoms with Crippen molar-refractivity contribution in [1.82, 2.24) is 15.5 Å². The quantitative estimate of drug-likeness (QED) is 0.849. The third-order valence-corrected chi connectivity index (χ3v) is 2.16. The maximum atomic E-state index is 13.4. The van der Waals surface area contributed by atoms with E-state index in [1.165, 1.54) is 6.07 Å². The van der Waals surface area contributed by atoms with Gasteiger partial charge in [0.1, 0.15) is 5.82 Å². The van der Waals surface area contributed by atoms with Gasteiger partial charge in [-0.3, -0.25) is 0 Å². The van der Waals surface area contributed by atoms with Gasteiger partial charge < -0.3 is 15.1 Å². The van der Waals surface area contributed by atoms with E-state index in [0.717, 1.165) is 5.56 Å². The van der Waals surface area contributed by atoms with Gasteiger partial charge in [0.2, 0.25) is 5.89 Å². The Morgan fingerprint density at radius 1 is 1.35 bits per heavy atom. The highest BCUT2D eigenvalue weighted by molar-refractivity contribution is 5.54. The van der Waals surface area contributed by atoms with E-state index in [-0.39, 0.29) is 11.8 Å². The van der Waals surface area contributed by atoms with Crippen molar-refractivity contribution < 1.29 is 8.81 Å². The molecule has 1 aromatic carbocycles. The predicted octanol–water partition coefficient (Wildman–Crippen LogP) is 1.98. The average Bonchev–Trinajstić information content (AvgIpc) is 2.72. The molecule has 90 valence electrons. The van der Waals surface area contributed by atoms with E-state index in [0.29, 0.717) is 18.1 Å². The molecule has 0 saturated heterocycles. The van der Waals surface area contributed by atoms with Crippen LogP contribution >= 0.6 is 0 Å². The van der Waals surface area contributed by atoms with Gasteiger partial charge in [0.25, 0.3) is 0 Å². The first-order chi connectivity index (χ1) is 8.19. The maximum absolute atomic E-state index is 13.4. The molecule has 17 heavy (non-hydrogen) atoms. The topological polar surface area (TPSA) is 63.0 Å². The summed E-state index contributed by atoms with van der Waals surface area (Å²) in [6.45, 7) is 2.36. The van der Waals surface area contributed by atoms with Gasteiger partial charge in [-0.2, -0.15) is 0 Å². The molecular formula is C11H13FN4O. The normalized spacial score (nSPS) is 10.5. The molecule has 0 aliphatic heterocycles. The first-order valence-corrected chi connectivity index (χ1v) is 5.19. The number of halogens is 1. The molecule has 0 unspecified atom stereocenters. The second kappa shape index (κ2) is 4.92. The Morgan fingerprint density at radius 2 is 2.18 bits per heavy atom. The predicted molar refractivity (Wildman–Crippen MR) is 61.5 cm³/mol. The lowest BCUT2D eigenvalue weighted by atomic mass is 10.2. The summed E-state index contributed by atoms with van der Waals surface area (Å²) in [5.74, 6) is 0.0898. The van der Waals surface area contributed by atoms with Crippen molar-refractivity contribution in [1.29, 1.82) is 0 Å². The fraction of sp³-hybridized carbons (Fsp3) is 0.273. The van der Waals surface area contributed by atoms with Crippen molar-refractivity contribution in [2.24, 2.45) is 0 Å². The van der Waals surface area contributed by atoms with Crippen LogP contribution in [0, 0.1) is 12.7 Å². The second-order valence-corrected chi connectivity index (χ2v) is 3.64. The van der Waals surface area contributed by atoms with Crippen molar-refractivity contribution in [3.8, 4) is 0 Å². The fourth-order valence-corrected chi connectivity index (χ4v) is 1.38. The van der Waals surface area contributed by atoms with E-state index in [1.54, 1.807) is 19.2 Å². The molecule has 1 heterocycles. The highest BCUT2D eigenvalue weighted by atomic mass is 19.1. The van der Waals surface area contributed by atoms with E-state index in [4.69, 9.17) is 4.42 Å². The fourth-order valence-electron chi connectivity index (χ4n) is 1.38. The van der Waals surface area contributed by atoms with E-state index < -0.39 is 0 Å². The Labute approximate surface area is 98.1 Å². The van der Waals surface area contributed by atoms with Crippen LogP contribution in [0.15, 0.2) is 22.6 Å². The molecule has 2 rings (SSSR count). The standard InChI is InChI=1S/C11H13FN4O/c1-7-3-4-8(12)9(5-7)14-11-16-15-10(17-11)6-13-2/h3-5,13H,6H2,1-2H3,(H,14,16). The van der Waals surface area contributed by atoms with Crippen LogP contribution in [0.1, 0.15) is 11.5 Å². The van der Waals surface area contributed by atoms with Crippen LogP contribution in [0.25, 0.3) is 0 Å². The second-order valence-electron chi connectivity index (χ2n) is 3.64. The van der Waals surface area contributed by atoms with Crippen LogP contribution in [0.3, 0.4) is 0 Å². The summed E-state index contributed by atoms with van der Waals surface area (Å²) >= 11 is 0. The summed E-state index contributed by atoms with van der Waals surface area (Å²) in [5, 5.41) is 13.2. The SMILES string of the molecule is CNCc1nnc(Nc2cc(C)ccc2F)o1. The largest absolute Gasteiger partial charge is 0.406 e. The van der Waals surface area contributed by atoms with Gasteiger partial charge in [-0.25, -0.2) is 4.39 Å². The zero-order valence-corrected chi connectivity index (χ0v) is 9.62. The van der Waals surface area contributed by atoms with Gasteiger partial charge in [0.15, 0.2) is 0 Å². The van der Waals surface area contributed by atoms with Gasteiger partial charge in [0, 0.05) is 0 Å². The van der Waals surface area contributed by atoms with Crippen molar-refractivity contribution in [3.63, 3.8) is 0 Å². The molecule has 0 saturated carbocycles. The van der Waals surface area contributed by atoms with Gasteiger partial charge in [-0.1, -0.05) is 11.2 Å². The maximum Gasteiger partial charge on any atom is 0.320 e. The minimum atomic E-state index is -0.357. The Morgan fingerprint density at radius 3 is 2.94 bits per heavy atom. The molecule has 2 N–H and O–H groups in total. The molecule has 0 bridgehead atoms. The zero-order chi connectivity index (χ0) is 12.3. The lowest BCUT2D eigenvalue weighted by molar-refractivity contribution is 0.492. The van der Waals surface area contributed by atoms with Gasteiger partial charge in [0.05, 0.1) is 12.2 Å². The van der Waals surface area contributed by atoms with E-state index in [9.17, 15) is 4.39 Å². The summed E-state index contributed by atoms with van der Waals surface area (Å²) in [6.07, 6.45) is 0. The number of nitrogens with zero attached hydrogens (tertiary/aromatic N) is 2. The molecular weight excluding hydrogens is 223 g/mol. The highest BCUT2D eigenvalue weighted by Gasteiger charge is 2.08. The molecule has 0 radical (unpaired) electrons. The molecule has 0 aliphatic carbocycles. The van der Waals surface area contributed by atoms with Crippen LogP contribution in [0.2, 0.25) is 0 Å². The van der Waals surface area contributed by atoms with Crippen molar-refractivity contribution in [2.75, 3.05) is 12.4 Å². The first-order valence-electron chi connectivity index (χ1n) is 5.19. The minimum absolute atomic E-state index is 0.180. The van der Waals surface area contributed by atoms with E-state index >= 15 is 0 Å². The number of hydrogen-bond donors (Lipinski definition) is 2. The Kier molecular flexibility index (Phi) is 3.34. The van der Waals surface area contributed by atoms with Crippen molar-refractivity contribution in [3.05, 3.63) is 35.5 Å². The minimum Gasteiger partial charge on any atom is -0.406 e. The van der Waals surface area contributed by atoms with E-state index in [1.807, 2.05) is 6.92 Å². The smallest absolute Gasteiger partial charge is 0.320 e. The lowest BCUT2D eigenvalue weighted by Gasteiger charge is -2.03. The number of aryl methyl sites for hydroxylation is 1. The Hall–Kier alpha value is -1.95. The summed E-state index contributed by atoms with van der Waals surface area (Å²) < 4.78 is 18.7. The van der Waals surface area contributed by atoms with Crippen molar-refractivity contribution >= 4 is 11.7 Å². The van der Waals surface area contributed by atoms with Gasteiger partial charge in [-0.05, 0) is 31.7 Å². The summed E-state index contributed by atoms with van der Waals surface area (Å²) in [4.78, 5) is 0. The summed E-state index contributed by atoms with van der Waals surface area (Å²) in [5.41, 5.74) is 1.27. The molecule has 0 amide bonds. The monoisotopic (exact) mass is 236 g/mol. The Bertz CT molecular complexity index is 512. The molecule has 5 nitrogen and oxygen atoms in total. The van der Waals surface area contributed by atoms with Crippen LogP contribution < -0.4 is 10.6 Å². The molecule has 2 aromatic rings. The number of aromatic nitrogens is 2. The first kappa shape index (κ1) is 11.5. The zero-order valence-electron chi connectivity index (χ0n) is 9.62. The third-order valence-electron chi connectivity index (χ3n) is 2.16. The summed E-state index contributed by atoms with van der Waals surface area (Å²) in [7, 11) is 1.78. The molecule has 6 heteroatoms. The summed E-state index contributed by atoms with van der Waals surface area (Å²) in [6, 6.07) is 4.94. The number of anilines is 2. The van der Waals surface area contributed by atoms with Crippen LogP contribution in [0.4, 0.5) is 16.1 Å². The van der Waals surface area contributed by atoms with Gasteiger partial charge in [-0.15, -0.1) is 5.10 Å². The number of rotatable bonds is 4. The van der Waals surface area contributed by atoms with Crippen LogP contribution in [-0.2, 0) is 6.54 Å². The highest BCUT2D eigenvalue weighted by Crippen LogP contribution is 2.20.